The lowest BCUT2D eigenvalue weighted by Crippen LogP contribution is -2.12. The number of amides is 1. The van der Waals surface area contributed by atoms with Crippen LogP contribution in [0.25, 0.3) is 10.9 Å². The molecule has 0 fully saturated rings. The SMILES string of the molecule is NC(=O)CCC1CCCCc2c1c1c(O)cccc1n2Cc1ccccc1. The lowest BCUT2D eigenvalue weighted by molar-refractivity contribution is -0.118. The van der Waals surface area contributed by atoms with Crippen LogP contribution in [-0.4, -0.2) is 15.6 Å². The van der Waals surface area contributed by atoms with Crippen LogP contribution in [0.1, 0.15) is 54.8 Å². The number of nitrogens with two attached hydrogens (primary N) is 1. The molecule has 0 saturated carbocycles. The van der Waals surface area contributed by atoms with Crippen LogP contribution in [0.2, 0.25) is 0 Å². The Hall–Kier alpha value is -2.75. The van der Waals surface area contributed by atoms with Gasteiger partial charge < -0.3 is 15.4 Å². The molecule has 0 radical (unpaired) electrons. The summed E-state index contributed by atoms with van der Waals surface area (Å²) in [5.41, 5.74) is 10.3. The summed E-state index contributed by atoms with van der Waals surface area (Å²) >= 11 is 0. The van der Waals surface area contributed by atoms with Crippen molar-refractivity contribution in [2.75, 3.05) is 0 Å². The lowest BCUT2D eigenvalue weighted by Gasteiger charge is -2.16. The maximum Gasteiger partial charge on any atom is 0.217 e. The summed E-state index contributed by atoms with van der Waals surface area (Å²) in [5.74, 6) is 0.349. The molecule has 1 unspecified atom stereocenters. The maximum absolute atomic E-state index is 11.4. The molecule has 2 aromatic carbocycles. The van der Waals surface area contributed by atoms with Crippen LogP contribution in [0.3, 0.4) is 0 Å². The van der Waals surface area contributed by atoms with Gasteiger partial charge in [0, 0.05) is 24.0 Å². The first kappa shape index (κ1) is 17.7. The van der Waals surface area contributed by atoms with Gasteiger partial charge in [0.15, 0.2) is 0 Å². The van der Waals surface area contributed by atoms with Crippen molar-refractivity contribution in [1.82, 2.24) is 4.57 Å². The second kappa shape index (κ2) is 7.47. The fraction of sp³-hybridized carbons (Fsp3) is 0.348. The van der Waals surface area contributed by atoms with Crippen molar-refractivity contribution in [2.45, 2.75) is 51.0 Å². The zero-order chi connectivity index (χ0) is 18.8. The third-order valence-corrected chi connectivity index (χ3v) is 5.76. The van der Waals surface area contributed by atoms with Gasteiger partial charge in [0.25, 0.3) is 0 Å². The maximum atomic E-state index is 11.4. The van der Waals surface area contributed by atoms with Gasteiger partial charge in [-0.2, -0.15) is 0 Å². The van der Waals surface area contributed by atoms with Crippen LogP contribution >= 0.6 is 0 Å². The van der Waals surface area contributed by atoms with Crippen LogP contribution in [0.15, 0.2) is 48.5 Å². The monoisotopic (exact) mass is 362 g/mol. The quantitative estimate of drug-likeness (QED) is 0.658. The van der Waals surface area contributed by atoms with E-state index in [9.17, 15) is 9.90 Å². The fourth-order valence-electron chi connectivity index (χ4n) is 4.55. The second-order valence-electron chi connectivity index (χ2n) is 7.55. The van der Waals surface area contributed by atoms with E-state index in [0.29, 0.717) is 12.2 Å². The molecule has 0 spiro atoms. The number of phenols is 1. The molecular weight excluding hydrogens is 336 g/mol. The van der Waals surface area contributed by atoms with Crippen molar-refractivity contribution in [3.63, 3.8) is 0 Å². The Morgan fingerprint density at radius 1 is 1.11 bits per heavy atom. The molecule has 27 heavy (non-hydrogen) atoms. The normalized spacial score (nSPS) is 16.8. The fourth-order valence-corrected chi connectivity index (χ4v) is 4.55. The van der Waals surface area contributed by atoms with Crippen LogP contribution in [0, 0.1) is 0 Å². The minimum atomic E-state index is -0.252. The van der Waals surface area contributed by atoms with E-state index < -0.39 is 0 Å². The number of carbonyl (C=O) groups excluding carboxylic acids is 1. The van der Waals surface area contributed by atoms with Gasteiger partial charge in [-0.15, -0.1) is 0 Å². The number of carbonyl (C=O) groups is 1. The highest BCUT2D eigenvalue weighted by Crippen LogP contribution is 2.43. The molecule has 1 aliphatic carbocycles. The zero-order valence-corrected chi connectivity index (χ0v) is 15.5. The Morgan fingerprint density at radius 2 is 1.93 bits per heavy atom. The first-order chi connectivity index (χ1) is 13.1. The summed E-state index contributed by atoms with van der Waals surface area (Å²) in [4.78, 5) is 11.4. The van der Waals surface area contributed by atoms with Crippen molar-refractivity contribution in [2.24, 2.45) is 5.73 Å². The molecule has 0 bridgehead atoms. The average molecular weight is 362 g/mol. The Balaban J connectivity index is 1.87. The second-order valence-corrected chi connectivity index (χ2v) is 7.55. The van der Waals surface area contributed by atoms with Crippen LogP contribution in [-0.2, 0) is 17.8 Å². The number of hydrogen-bond donors (Lipinski definition) is 2. The summed E-state index contributed by atoms with van der Waals surface area (Å²) in [6.45, 7) is 0.790. The van der Waals surface area contributed by atoms with Gasteiger partial charge >= 0.3 is 0 Å². The highest BCUT2D eigenvalue weighted by molar-refractivity contribution is 5.92. The summed E-state index contributed by atoms with van der Waals surface area (Å²) < 4.78 is 2.36. The van der Waals surface area contributed by atoms with Crippen molar-refractivity contribution < 1.29 is 9.90 Å². The number of nitrogens with zero attached hydrogens (tertiary/aromatic N) is 1. The number of rotatable bonds is 5. The van der Waals surface area contributed by atoms with Gasteiger partial charge in [-0.1, -0.05) is 42.8 Å². The van der Waals surface area contributed by atoms with Crippen LogP contribution in [0.5, 0.6) is 5.75 Å². The van der Waals surface area contributed by atoms with E-state index in [1.807, 2.05) is 12.1 Å². The van der Waals surface area contributed by atoms with Gasteiger partial charge in [-0.25, -0.2) is 0 Å². The van der Waals surface area contributed by atoms with Gasteiger partial charge in [-0.3, -0.25) is 4.79 Å². The molecule has 4 nitrogen and oxygen atoms in total. The Bertz CT molecular complexity index is 959. The Kier molecular flexibility index (Phi) is 4.88. The van der Waals surface area contributed by atoms with E-state index in [0.717, 1.165) is 49.6 Å². The summed E-state index contributed by atoms with van der Waals surface area (Å²) in [6.07, 6.45) is 5.46. The molecular formula is C23H26N2O2. The predicted octanol–water partition coefficient (Wildman–Crippen LogP) is 4.47. The minimum Gasteiger partial charge on any atom is -0.507 e. The van der Waals surface area contributed by atoms with E-state index in [1.165, 1.54) is 16.8 Å². The zero-order valence-electron chi connectivity index (χ0n) is 15.5. The third kappa shape index (κ3) is 3.44. The minimum absolute atomic E-state index is 0.252. The van der Waals surface area contributed by atoms with Crippen molar-refractivity contribution >= 4 is 16.8 Å². The standard InChI is InChI=1S/C23H26N2O2/c24-21(27)14-13-17-9-4-5-10-18-22(17)23-19(11-6-12-20(23)26)25(18)15-16-7-2-1-3-8-16/h1-3,6-8,11-12,17,26H,4-5,9-10,13-15H2,(H2,24,27). The van der Waals surface area contributed by atoms with E-state index in [1.54, 1.807) is 6.07 Å². The van der Waals surface area contributed by atoms with Crippen LogP contribution < -0.4 is 5.73 Å². The topological polar surface area (TPSA) is 68.2 Å². The third-order valence-electron chi connectivity index (χ3n) is 5.76. The summed E-state index contributed by atoms with van der Waals surface area (Å²) in [6, 6.07) is 16.2. The molecule has 3 N–H and O–H groups in total. The molecule has 1 atom stereocenters. The van der Waals surface area contributed by atoms with E-state index in [2.05, 4.69) is 34.9 Å². The smallest absolute Gasteiger partial charge is 0.217 e. The Morgan fingerprint density at radius 3 is 2.70 bits per heavy atom. The number of aromatic nitrogens is 1. The highest BCUT2D eigenvalue weighted by Gasteiger charge is 2.27. The van der Waals surface area contributed by atoms with Crippen molar-refractivity contribution in [1.29, 1.82) is 0 Å². The first-order valence-electron chi connectivity index (χ1n) is 9.80. The predicted molar refractivity (Wildman–Crippen MR) is 108 cm³/mol. The van der Waals surface area contributed by atoms with Gasteiger partial charge in [0.2, 0.25) is 5.91 Å². The molecule has 1 aromatic heterocycles. The molecule has 140 valence electrons. The van der Waals surface area contributed by atoms with Gasteiger partial charge in [-0.05, 0) is 54.9 Å². The Labute approximate surface area is 159 Å². The summed E-state index contributed by atoms with van der Waals surface area (Å²) in [7, 11) is 0. The molecule has 1 aliphatic rings. The number of benzene rings is 2. The lowest BCUT2D eigenvalue weighted by atomic mass is 9.89. The van der Waals surface area contributed by atoms with E-state index >= 15 is 0 Å². The summed E-state index contributed by atoms with van der Waals surface area (Å²) in [5, 5.41) is 11.6. The average Bonchev–Trinajstić information content (AvgIpc) is 2.83. The van der Waals surface area contributed by atoms with E-state index in [4.69, 9.17) is 5.73 Å². The number of primary amides is 1. The van der Waals surface area contributed by atoms with Crippen LogP contribution in [0.4, 0.5) is 0 Å². The van der Waals surface area contributed by atoms with Gasteiger partial charge in [0.1, 0.15) is 5.75 Å². The molecule has 1 amide bonds. The van der Waals surface area contributed by atoms with Crippen molar-refractivity contribution in [3.05, 3.63) is 65.4 Å². The number of fused-ring (bicyclic) bond motifs is 3. The molecule has 3 aromatic rings. The molecule has 4 rings (SSSR count). The molecule has 0 saturated heterocycles. The first-order valence-corrected chi connectivity index (χ1v) is 9.80. The highest BCUT2D eigenvalue weighted by atomic mass is 16.3. The molecule has 4 heteroatoms. The molecule has 0 aliphatic heterocycles. The molecule has 1 heterocycles. The largest absolute Gasteiger partial charge is 0.507 e. The number of phenolic OH excluding ortho intramolecular Hbond substituents is 1. The van der Waals surface area contributed by atoms with Crippen molar-refractivity contribution in [3.8, 4) is 5.75 Å². The van der Waals surface area contributed by atoms with Gasteiger partial charge in [0.05, 0.1) is 5.52 Å². The van der Waals surface area contributed by atoms with E-state index in [-0.39, 0.29) is 11.8 Å². The number of aromatic hydroxyl groups is 1. The number of hydrogen-bond acceptors (Lipinski definition) is 2.